The zero-order valence-corrected chi connectivity index (χ0v) is 5.89. The van der Waals surface area contributed by atoms with Gasteiger partial charge in [0.25, 0.3) is 11.4 Å². The van der Waals surface area contributed by atoms with Gasteiger partial charge in [-0.2, -0.15) is 0 Å². The zero-order valence-electron chi connectivity index (χ0n) is 5.89. The number of hydrogen-bond acceptors (Lipinski definition) is 5. The summed E-state index contributed by atoms with van der Waals surface area (Å²) in [6.07, 6.45) is 2.07. The molecule has 0 bridgehead atoms. The van der Waals surface area contributed by atoms with Crippen LogP contribution < -0.4 is 5.32 Å². The topological polar surface area (TPSA) is 98.3 Å². The number of rotatable bonds is 2. The lowest BCUT2D eigenvalue weighted by Gasteiger charge is -2.03. The zero-order chi connectivity index (χ0) is 9.14. The number of nitrogens with zero attached hydrogens (tertiary/aromatic N) is 2. The Labute approximate surface area is 66.7 Å². The molecule has 0 aromatic rings. The number of allylic oxidation sites excluding steroid dienone is 1. The molecule has 0 aromatic heterocycles. The second-order valence-electron chi connectivity index (χ2n) is 2.10. The fourth-order valence-corrected chi connectivity index (χ4v) is 0.746. The van der Waals surface area contributed by atoms with Crippen LogP contribution in [0.25, 0.3) is 0 Å². The van der Waals surface area contributed by atoms with Gasteiger partial charge in [-0.15, -0.1) is 0 Å². The van der Waals surface area contributed by atoms with Gasteiger partial charge in [0.15, 0.2) is 0 Å². The summed E-state index contributed by atoms with van der Waals surface area (Å²) in [5, 5.41) is 22.8. The fourth-order valence-electron chi connectivity index (χ4n) is 0.746. The molecule has 0 atom stereocenters. The Morgan fingerprint density at radius 2 is 2.00 bits per heavy atom. The molecular weight excluding hydrogens is 166 g/mol. The van der Waals surface area contributed by atoms with E-state index in [1.54, 1.807) is 0 Å². The third kappa shape index (κ3) is 1.57. The lowest BCUT2D eigenvalue weighted by atomic mass is 10.3. The average Bonchev–Trinajstić information content (AvgIpc) is 2.04. The molecule has 1 N–H and O–H groups in total. The second kappa shape index (κ2) is 2.99. The van der Waals surface area contributed by atoms with Crippen LogP contribution in [0, 0.1) is 20.2 Å². The van der Waals surface area contributed by atoms with Crippen molar-refractivity contribution in [3.63, 3.8) is 0 Å². The van der Waals surface area contributed by atoms with Crippen LogP contribution in [-0.4, -0.2) is 16.4 Å². The van der Waals surface area contributed by atoms with Crippen molar-refractivity contribution < 1.29 is 9.85 Å². The van der Waals surface area contributed by atoms with E-state index < -0.39 is 9.85 Å². The van der Waals surface area contributed by atoms with Gasteiger partial charge in [0.05, 0.1) is 22.1 Å². The monoisotopic (exact) mass is 171 g/mol. The molecule has 0 aromatic carbocycles. The summed E-state index contributed by atoms with van der Waals surface area (Å²) in [6.45, 7) is 0.0182. The summed E-state index contributed by atoms with van der Waals surface area (Å²) >= 11 is 0. The predicted octanol–water partition coefficient (Wildman–Crippen LogP) is -0.132. The molecule has 1 heterocycles. The van der Waals surface area contributed by atoms with Crippen LogP contribution in [0.1, 0.15) is 0 Å². The van der Waals surface area contributed by atoms with Crippen LogP contribution in [0.2, 0.25) is 0 Å². The van der Waals surface area contributed by atoms with Gasteiger partial charge in [0, 0.05) is 0 Å². The second-order valence-corrected chi connectivity index (χ2v) is 2.10. The van der Waals surface area contributed by atoms with Gasteiger partial charge in [-0.25, -0.2) is 0 Å². The maximum Gasteiger partial charge on any atom is 0.291 e. The Kier molecular flexibility index (Phi) is 2.04. The van der Waals surface area contributed by atoms with Crippen molar-refractivity contribution in [3.05, 3.63) is 43.9 Å². The van der Waals surface area contributed by atoms with Crippen molar-refractivity contribution in [2.45, 2.75) is 0 Å². The summed E-state index contributed by atoms with van der Waals surface area (Å²) in [7, 11) is 0. The van der Waals surface area contributed by atoms with E-state index in [4.69, 9.17) is 0 Å². The quantitative estimate of drug-likeness (QED) is 0.460. The van der Waals surface area contributed by atoms with Crippen molar-refractivity contribution >= 4 is 0 Å². The lowest BCUT2D eigenvalue weighted by molar-refractivity contribution is -0.437. The minimum atomic E-state index is -0.685. The molecule has 1 aliphatic heterocycles. The van der Waals surface area contributed by atoms with E-state index in [1.807, 2.05) is 0 Å². The van der Waals surface area contributed by atoms with Gasteiger partial charge >= 0.3 is 0 Å². The minimum Gasteiger partial charge on any atom is -0.375 e. The molecule has 0 radical (unpaired) electrons. The Hall–Kier alpha value is -1.92. The standard InChI is InChI=1S/C5H5N3O4/c9-7(10)4-1-5(8(11)12)3-6-2-4/h1-2,6H,3H2. The van der Waals surface area contributed by atoms with Gasteiger partial charge in [0.2, 0.25) is 0 Å². The van der Waals surface area contributed by atoms with E-state index >= 15 is 0 Å². The van der Waals surface area contributed by atoms with Crippen molar-refractivity contribution in [3.8, 4) is 0 Å². The Balaban J connectivity index is 2.88. The first-order valence-corrected chi connectivity index (χ1v) is 3.04. The molecule has 1 rings (SSSR count). The van der Waals surface area contributed by atoms with E-state index in [0.29, 0.717) is 0 Å². The summed E-state index contributed by atoms with van der Waals surface area (Å²) in [5.74, 6) is 0. The Bertz CT molecular complexity index is 293. The van der Waals surface area contributed by atoms with Crippen LogP contribution >= 0.6 is 0 Å². The third-order valence-electron chi connectivity index (χ3n) is 1.29. The van der Waals surface area contributed by atoms with Gasteiger partial charge in [-0.3, -0.25) is 20.2 Å². The van der Waals surface area contributed by atoms with Crippen molar-refractivity contribution in [1.29, 1.82) is 0 Å². The maximum atomic E-state index is 10.2. The summed E-state index contributed by atoms with van der Waals surface area (Å²) in [4.78, 5) is 19.0. The first-order valence-electron chi connectivity index (χ1n) is 3.04. The van der Waals surface area contributed by atoms with Crippen molar-refractivity contribution in [2.24, 2.45) is 0 Å². The summed E-state index contributed by atoms with van der Waals surface area (Å²) in [5.41, 5.74) is -0.503. The average molecular weight is 171 g/mol. The molecule has 12 heavy (non-hydrogen) atoms. The largest absolute Gasteiger partial charge is 0.375 e. The molecule has 0 spiro atoms. The molecule has 0 saturated carbocycles. The van der Waals surface area contributed by atoms with Crippen LogP contribution in [0.4, 0.5) is 0 Å². The normalized spacial score (nSPS) is 15.7. The molecule has 0 aliphatic carbocycles. The van der Waals surface area contributed by atoms with Gasteiger partial charge in [0.1, 0.15) is 6.54 Å². The highest BCUT2D eigenvalue weighted by Crippen LogP contribution is 2.07. The van der Waals surface area contributed by atoms with Gasteiger partial charge < -0.3 is 5.32 Å². The van der Waals surface area contributed by atoms with Crippen molar-refractivity contribution in [2.75, 3.05) is 6.54 Å². The fraction of sp³-hybridized carbons (Fsp3) is 0.200. The van der Waals surface area contributed by atoms with Gasteiger partial charge in [-0.1, -0.05) is 0 Å². The molecule has 7 nitrogen and oxygen atoms in total. The minimum absolute atomic E-state index is 0.0182. The molecule has 0 amide bonds. The molecule has 0 fully saturated rings. The van der Waals surface area contributed by atoms with Crippen molar-refractivity contribution in [1.82, 2.24) is 5.32 Å². The summed E-state index contributed by atoms with van der Waals surface area (Å²) in [6, 6.07) is 0. The summed E-state index contributed by atoms with van der Waals surface area (Å²) < 4.78 is 0. The molecular formula is C5H5N3O4. The number of nitrogens with one attached hydrogen (secondary N) is 1. The Morgan fingerprint density at radius 3 is 2.50 bits per heavy atom. The number of hydrogen-bond donors (Lipinski definition) is 1. The van der Waals surface area contributed by atoms with Gasteiger partial charge in [-0.05, 0) is 0 Å². The van der Waals surface area contributed by atoms with Crippen LogP contribution in [0.15, 0.2) is 23.7 Å². The van der Waals surface area contributed by atoms with E-state index in [0.717, 1.165) is 12.3 Å². The van der Waals surface area contributed by atoms with Crippen LogP contribution in [0.5, 0.6) is 0 Å². The molecule has 0 saturated heterocycles. The highest BCUT2D eigenvalue weighted by molar-refractivity contribution is 5.18. The molecule has 64 valence electrons. The van der Waals surface area contributed by atoms with E-state index in [-0.39, 0.29) is 17.9 Å². The first kappa shape index (κ1) is 8.18. The van der Waals surface area contributed by atoms with E-state index in [2.05, 4.69) is 5.32 Å². The van der Waals surface area contributed by atoms with Crippen LogP contribution in [0.3, 0.4) is 0 Å². The van der Waals surface area contributed by atoms with E-state index in [9.17, 15) is 20.2 Å². The first-order chi connectivity index (χ1) is 5.61. The number of dihydropyridines is 1. The number of nitro groups is 2. The predicted molar refractivity (Wildman–Crippen MR) is 38.2 cm³/mol. The lowest BCUT2D eigenvalue weighted by Crippen LogP contribution is -2.21. The highest BCUT2D eigenvalue weighted by Gasteiger charge is 2.20. The van der Waals surface area contributed by atoms with Crippen LogP contribution in [-0.2, 0) is 0 Å². The Morgan fingerprint density at radius 1 is 1.33 bits per heavy atom. The third-order valence-corrected chi connectivity index (χ3v) is 1.29. The molecule has 7 heteroatoms. The highest BCUT2D eigenvalue weighted by atomic mass is 16.6. The maximum absolute atomic E-state index is 10.2. The van der Waals surface area contributed by atoms with E-state index in [1.165, 1.54) is 0 Å². The SMILES string of the molecule is O=[N+]([O-])C1=CNCC([N+](=O)[O-])=C1. The molecule has 1 aliphatic rings. The smallest absolute Gasteiger partial charge is 0.291 e. The molecule has 0 unspecified atom stereocenters.